The van der Waals surface area contributed by atoms with E-state index in [9.17, 15) is 4.39 Å². The number of halogens is 1. The van der Waals surface area contributed by atoms with E-state index in [1.807, 2.05) is 10.7 Å². The second-order valence-electron chi connectivity index (χ2n) is 6.42. The molecular formula is C18H25FN4. The molecule has 0 unspecified atom stereocenters. The zero-order valence-corrected chi connectivity index (χ0v) is 13.9. The van der Waals surface area contributed by atoms with Crippen LogP contribution in [0.1, 0.15) is 42.6 Å². The van der Waals surface area contributed by atoms with Gasteiger partial charge in [-0.2, -0.15) is 5.10 Å². The maximum absolute atomic E-state index is 14.1. The fourth-order valence-corrected chi connectivity index (χ4v) is 3.48. The molecule has 1 saturated heterocycles. The van der Waals surface area contributed by atoms with Gasteiger partial charge >= 0.3 is 0 Å². The number of nitrogen functional groups attached to an aromatic ring is 1. The SMILES string of the molecule is CCn1nc(CN2CCC(c3ccc(N)cc3F)CC2)cc1C. The first kappa shape index (κ1) is 16.0. The lowest BCUT2D eigenvalue weighted by atomic mass is 9.89. The van der Waals surface area contributed by atoms with E-state index < -0.39 is 0 Å². The Bertz CT molecular complexity index is 672. The van der Waals surface area contributed by atoms with Crippen LogP contribution in [-0.4, -0.2) is 27.8 Å². The average Bonchev–Trinajstić information content (AvgIpc) is 2.88. The number of hydrogen-bond acceptors (Lipinski definition) is 3. The number of piperidine rings is 1. The van der Waals surface area contributed by atoms with Crippen LogP contribution in [0.3, 0.4) is 0 Å². The minimum absolute atomic E-state index is 0.166. The van der Waals surface area contributed by atoms with Gasteiger partial charge in [0.2, 0.25) is 0 Å². The first-order valence-corrected chi connectivity index (χ1v) is 8.37. The normalized spacial score (nSPS) is 16.8. The lowest BCUT2D eigenvalue weighted by Crippen LogP contribution is -2.32. The molecule has 1 aliphatic rings. The summed E-state index contributed by atoms with van der Waals surface area (Å²) in [4.78, 5) is 2.41. The summed E-state index contributed by atoms with van der Waals surface area (Å²) in [5.74, 6) is 0.127. The molecule has 0 atom stereocenters. The van der Waals surface area contributed by atoms with E-state index in [1.165, 1.54) is 11.8 Å². The highest BCUT2D eigenvalue weighted by molar-refractivity contribution is 5.41. The Labute approximate surface area is 137 Å². The zero-order valence-electron chi connectivity index (χ0n) is 13.9. The molecule has 124 valence electrons. The maximum atomic E-state index is 14.1. The number of nitrogens with two attached hydrogens (primary N) is 1. The quantitative estimate of drug-likeness (QED) is 0.880. The van der Waals surface area contributed by atoms with E-state index in [1.54, 1.807) is 6.07 Å². The standard InChI is InChI=1S/C18H25FN4/c1-3-23-13(2)10-16(21-23)12-22-8-6-14(7-9-22)17-5-4-15(20)11-18(17)19/h4-5,10-11,14H,3,6-9,12,20H2,1-2H3. The monoisotopic (exact) mass is 316 g/mol. The third-order valence-electron chi connectivity index (χ3n) is 4.77. The summed E-state index contributed by atoms with van der Waals surface area (Å²) >= 11 is 0. The molecule has 2 N–H and O–H groups in total. The maximum Gasteiger partial charge on any atom is 0.128 e. The summed E-state index contributed by atoms with van der Waals surface area (Å²) in [6.45, 7) is 7.95. The second-order valence-corrected chi connectivity index (χ2v) is 6.42. The van der Waals surface area contributed by atoms with Crippen LogP contribution in [0.2, 0.25) is 0 Å². The first-order chi connectivity index (χ1) is 11.1. The molecule has 0 spiro atoms. The Morgan fingerprint density at radius 1 is 1.26 bits per heavy atom. The van der Waals surface area contributed by atoms with Gasteiger partial charge in [-0.15, -0.1) is 0 Å². The van der Waals surface area contributed by atoms with E-state index in [2.05, 4.69) is 29.9 Å². The average molecular weight is 316 g/mol. The van der Waals surface area contributed by atoms with Crippen LogP contribution in [0.25, 0.3) is 0 Å². The molecule has 0 saturated carbocycles. The number of nitrogens with zero attached hydrogens (tertiary/aromatic N) is 3. The third-order valence-corrected chi connectivity index (χ3v) is 4.77. The molecule has 23 heavy (non-hydrogen) atoms. The molecule has 0 radical (unpaired) electrons. The molecule has 1 aromatic carbocycles. The van der Waals surface area contributed by atoms with Crippen molar-refractivity contribution in [3.05, 3.63) is 47.0 Å². The molecule has 1 aliphatic heterocycles. The Hall–Kier alpha value is -1.88. The van der Waals surface area contributed by atoms with Gasteiger partial charge in [-0.05, 0) is 69.5 Å². The second kappa shape index (κ2) is 6.71. The number of aryl methyl sites for hydroxylation is 2. The van der Waals surface area contributed by atoms with Crippen molar-refractivity contribution in [3.8, 4) is 0 Å². The molecular weight excluding hydrogens is 291 g/mol. The Balaban J connectivity index is 1.59. The van der Waals surface area contributed by atoms with Crippen molar-refractivity contribution in [3.63, 3.8) is 0 Å². The zero-order chi connectivity index (χ0) is 16.4. The molecule has 4 nitrogen and oxygen atoms in total. The lowest BCUT2D eigenvalue weighted by Gasteiger charge is -2.31. The molecule has 0 bridgehead atoms. The van der Waals surface area contributed by atoms with Crippen LogP contribution >= 0.6 is 0 Å². The van der Waals surface area contributed by atoms with Crippen LogP contribution in [0.4, 0.5) is 10.1 Å². The van der Waals surface area contributed by atoms with E-state index in [4.69, 9.17) is 5.73 Å². The number of aromatic nitrogens is 2. The fourth-order valence-electron chi connectivity index (χ4n) is 3.48. The van der Waals surface area contributed by atoms with Gasteiger partial charge in [0.15, 0.2) is 0 Å². The van der Waals surface area contributed by atoms with Crippen LogP contribution in [0, 0.1) is 12.7 Å². The van der Waals surface area contributed by atoms with Crippen LogP contribution in [0.15, 0.2) is 24.3 Å². The predicted octanol–water partition coefficient (Wildman–Crippen LogP) is 3.31. The highest BCUT2D eigenvalue weighted by Gasteiger charge is 2.23. The molecule has 1 aromatic heterocycles. The van der Waals surface area contributed by atoms with E-state index >= 15 is 0 Å². The van der Waals surface area contributed by atoms with Crippen LogP contribution in [0.5, 0.6) is 0 Å². The number of benzene rings is 1. The van der Waals surface area contributed by atoms with Gasteiger partial charge < -0.3 is 5.73 Å². The summed E-state index contributed by atoms with van der Waals surface area (Å²) < 4.78 is 16.1. The Kier molecular flexibility index (Phi) is 4.66. The minimum atomic E-state index is -0.166. The molecule has 3 rings (SSSR count). The largest absolute Gasteiger partial charge is 0.399 e. The number of hydrogen-bond donors (Lipinski definition) is 1. The van der Waals surface area contributed by atoms with Gasteiger partial charge in [0.05, 0.1) is 5.69 Å². The first-order valence-electron chi connectivity index (χ1n) is 8.37. The van der Waals surface area contributed by atoms with Gasteiger partial charge in [0.25, 0.3) is 0 Å². The third kappa shape index (κ3) is 3.55. The highest BCUT2D eigenvalue weighted by Crippen LogP contribution is 2.31. The van der Waals surface area contributed by atoms with Crippen molar-refractivity contribution >= 4 is 5.69 Å². The molecule has 0 amide bonds. The van der Waals surface area contributed by atoms with Crippen molar-refractivity contribution in [2.24, 2.45) is 0 Å². The smallest absolute Gasteiger partial charge is 0.128 e. The van der Waals surface area contributed by atoms with Crippen molar-refractivity contribution in [2.75, 3.05) is 18.8 Å². The Morgan fingerprint density at radius 3 is 2.61 bits per heavy atom. The van der Waals surface area contributed by atoms with Crippen molar-refractivity contribution < 1.29 is 4.39 Å². The van der Waals surface area contributed by atoms with E-state index in [0.29, 0.717) is 11.6 Å². The van der Waals surface area contributed by atoms with Crippen LogP contribution < -0.4 is 5.73 Å². The van der Waals surface area contributed by atoms with Crippen molar-refractivity contribution in [1.29, 1.82) is 0 Å². The molecule has 2 aromatic rings. The Morgan fingerprint density at radius 2 is 2.00 bits per heavy atom. The topological polar surface area (TPSA) is 47.1 Å². The lowest BCUT2D eigenvalue weighted by molar-refractivity contribution is 0.200. The fraction of sp³-hybridized carbons (Fsp3) is 0.500. The van der Waals surface area contributed by atoms with Gasteiger partial charge in [0, 0.05) is 24.5 Å². The van der Waals surface area contributed by atoms with Gasteiger partial charge in [-0.1, -0.05) is 6.07 Å². The summed E-state index contributed by atoms with van der Waals surface area (Å²) in [7, 11) is 0. The molecule has 0 aliphatic carbocycles. The van der Waals surface area contributed by atoms with Gasteiger partial charge in [0.1, 0.15) is 5.82 Å². The van der Waals surface area contributed by atoms with Crippen molar-refractivity contribution in [1.82, 2.24) is 14.7 Å². The summed E-state index contributed by atoms with van der Waals surface area (Å²) in [6.07, 6.45) is 1.96. The summed E-state index contributed by atoms with van der Waals surface area (Å²) in [6, 6.07) is 7.24. The molecule has 2 heterocycles. The molecule has 5 heteroatoms. The minimum Gasteiger partial charge on any atom is -0.399 e. The van der Waals surface area contributed by atoms with Crippen molar-refractivity contribution in [2.45, 2.75) is 45.7 Å². The number of likely N-dealkylation sites (tertiary alicyclic amines) is 1. The number of rotatable bonds is 4. The van der Waals surface area contributed by atoms with Crippen LogP contribution in [-0.2, 0) is 13.1 Å². The van der Waals surface area contributed by atoms with E-state index in [-0.39, 0.29) is 5.82 Å². The van der Waals surface area contributed by atoms with Gasteiger partial charge in [-0.3, -0.25) is 9.58 Å². The highest BCUT2D eigenvalue weighted by atomic mass is 19.1. The summed E-state index contributed by atoms with van der Waals surface area (Å²) in [5, 5.41) is 4.62. The van der Waals surface area contributed by atoms with E-state index in [0.717, 1.165) is 50.3 Å². The molecule has 1 fully saturated rings. The predicted molar refractivity (Wildman–Crippen MR) is 90.7 cm³/mol. The van der Waals surface area contributed by atoms with Gasteiger partial charge in [-0.25, -0.2) is 4.39 Å². The summed E-state index contributed by atoms with van der Waals surface area (Å²) in [5.41, 5.74) is 9.27. The number of anilines is 1.